The number of halogens is 1. The number of hydrogen-bond acceptors (Lipinski definition) is 3. The number of carbonyl (C=O) groups excluding carboxylic acids is 3. The summed E-state index contributed by atoms with van der Waals surface area (Å²) >= 11 is 0. The lowest BCUT2D eigenvalue weighted by atomic mass is 9.77. The van der Waals surface area contributed by atoms with Gasteiger partial charge in [0.15, 0.2) is 0 Å². The number of carbonyl (C=O) groups is 3. The van der Waals surface area contributed by atoms with Crippen LogP contribution >= 0.6 is 0 Å². The summed E-state index contributed by atoms with van der Waals surface area (Å²) in [5, 5.41) is 5.55. The molecule has 1 atom stereocenters. The molecule has 1 aromatic carbocycles. The topological polar surface area (TPSA) is 78.5 Å². The molecule has 2 fully saturated rings. The maximum Gasteiger partial charge on any atom is 0.325 e. The highest BCUT2D eigenvalue weighted by molar-refractivity contribution is 6.09. The lowest BCUT2D eigenvalue weighted by molar-refractivity contribution is -0.136. The molecule has 6 nitrogen and oxygen atoms in total. The van der Waals surface area contributed by atoms with Crippen LogP contribution in [-0.4, -0.2) is 34.8 Å². The van der Waals surface area contributed by atoms with Crippen molar-refractivity contribution in [1.29, 1.82) is 0 Å². The zero-order chi connectivity index (χ0) is 18.9. The van der Waals surface area contributed by atoms with Crippen LogP contribution < -0.4 is 10.6 Å². The zero-order valence-electron chi connectivity index (χ0n) is 15.0. The molecular weight excluding hydrogens is 337 g/mol. The molecule has 1 spiro atoms. The summed E-state index contributed by atoms with van der Waals surface area (Å²) in [6, 6.07) is 4.97. The summed E-state index contributed by atoms with van der Waals surface area (Å²) in [5.41, 5.74) is -0.0957. The Balaban J connectivity index is 1.61. The van der Waals surface area contributed by atoms with Crippen molar-refractivity contribution < 1.29 is 18.8 Å². The van der Waals surface area contributed by atoms with Crippen LogP contribution in [0.4, 0.5) is 9.18 Å². The van der Waals surface area contributed by atoms with Gasteiger partial charge in [0.05, 0.1) is 6.04 Å². The monoisotopic (exact) mass is 361 g/mol. The van der Waals surface area contributed by atoms with E-state index in [-0.39, 0.29) is 24.3 Å². The molecule has 140 valence electrons. The minimum atomic E-state index is -0.841. The highest BCUT2D eigenvalue weighted by atomic mass is 19.1. The second-order valence-corrected chi connectivity index (χ2v) is 7.43. The van der Waals surface area contributed by atoms with Crippen LogP contribution in [0.1, 0.15) is 51.1 Å². The SMILES string of the molecule is CC1CCC2(CC1)NC(=O)N(CC(=O)N[C@@H](C)c1ccc(F)cc1)C2=O. The van der Waals surface area contributed by atoms with Gasteiger partial charge in [-0.15, -0.1) is 0 Å². The number of nitrogens with zero attached hydrogens (tertiary/aromatic N) is 1. The number of imide groups is 1. The molecule has 7 heteroatoms. The van der Waals surface area contributed by atoms with E-state index < -0.39 is 17.5 Å². The van der Waals surface area contributed by atoms with Crippen LogP contribution in [0.2, 0.25) is 0 Å². The Labute approximate surface area is 152 Å². The zero-order valence-corrected chi connectivity index (χ0v) is 15.0. The molecule has 0 aromatic heterocycles. The number of amides is 4. The molecule has 1 aliphatic heterocycles. The standard InChI is InChI=1S/C19H24FN3O3/c1-12-7-9-19(10-8-12)17(25)23(18(26)22-19)11-16(24)21-13(2)14-3-5-15(20)6-4-14/h3-6,12-13H,7-11H2,1-2H3,(H,21,24)(H,22,26)/t12?,13-,19?/m0/s1. The van der Waals surface area contributed by atoms with E-state index in [0.29, 0.717) is 18.8 Å². The molecule has 1 saturated heterocycles. The normalized spacial score (nSPS) is 26.7. The van der Waals surface area contributed by atoms with Gasteiger partial charge in [0.2, 0.25) is 5.91 Å². The van der Waals surface area contributed by atoms with Crippen LogP contribution in [0.25, 0.3) is 0 Å². The molecule has 4 amide bonds. The molecular formula is C19H24FN3O3. The quantitative estimate of drug-likeness (QED) is 0.809. The van der Waals surface area contributed by atoms with Crippen molar-refractivity contribution in [3.8, 4) is 0 Å². The van der Waals surface area contributed by atoms with Gasteiger partial charge in [-0.3, -0.25) is 14.5 Å². The van der Waals surface area contributed by atoms with E-state index in [0.717, 1.165) is 23.3 Å². The maximum absolute atomic E-state index is 13.0. The van der Waals surface area contributed by atoms with Crippen molar-refractivity contribution in [3.05, 3.63) is 35.6 Å². The van der Waals surface area contributed by atoms with Gasteiger partial charge >= 0.3 is 6.03 Å². The predicted octanol–water partition coefficient (Wildman–Crippen LogP) is 2.50. The summed E-state index contributed by atoms with van der Waals surface area (Å²) in [7, 11) is 0. The van der Waals surface area contributed by atoms with Crippen LogP contribution in [0.5, 0.6) is 0 Å². The maximum atomic E-state index is 13.0. The van der Waals surface area contributed by atoms with Crippen molar-refractivity contribution in [2.75, 3.05) is 6.54 Å². The van der Waals surface area contributed by atoms with E-state index in [1.807, 2.05) is 0 Å². The molecule has 26 heavy (non-hydrogen) atoms. The predicted molar refractivity (Wildman–Crippen MR) is 93.6 cm³/mol. The second kappa shape index (κ2) is 7.05. The summed E-state index contributed by atoms with van der Waals surface area (Å²) in [6.07, 6.45) is 2.99. The number of rotatable bonds is 4. The molecule has 0 radical (unpaired) electrons. The fourth-order valence-electron chi connectivity index (χ4n) is 3.68. The smallest absolute Gasteiger partial charge is 0.325 e. The largest absolute Gasteiger partial charge is 0.348 e. The fourth-order valence-corrected chi connectivity index (χ4v) is 3.68. The lowest BCUT2D eigenvalue weighted by Crippen LogP contribution is -2.50. The molecule has 1 aliphatic carbocycles. The van der Waals surface area contributed by atoms with Crippen molar-refractivity contribution in [3.63, 3.8) is 0 Å². The lowest BCUT2D eigenvalue weighted by Gasteiger charge is -2.33. The third kappa shape index (κ3) is 3.57. The minimum absolute atomic E-state index is 0.306. The molecule has 3 rings (SSSR count). The van der Waals surface area contributed by atoms with Crippen LogP contribution in [0.3, 0.4) is 0 Å². The van der Waals surface area contributed by atoms with Gasteiger partial charge in [-0.05, 0) is 56.2 Å². The first-order chi connectivity index (χ1) is 12.3. The molecule has 1 saturated carbocycles. The van der Waals surface area contributed by atoms with E-state index >= 15 is 0 Å². The van der Waals surface area contributed by atoms with E-state index in [1.54, 1.807) is 19.1 Å². The molecule has 0 bridgehead atoms. The molecule has 0 unspecified atom stereocenters. The Hall–Kier alpha value is -2.44. The van der Waals surface area contributed by atoms with Gasteiger partial charge in [-0.1, -0.05) is 19.1 Å². The molecule has 2 aliphatic rings. The van der Waals surface area contributed by atoms with Crippen LogP contribution in [-0.2, 0) is 9.59 Å². The second-order valence-electron chi connectivity index (χ2n) is 7.43. The van der Waals surface area contributed by atoms with Crippen molar-refractivity contribution >= 4 is 17.8 Å². The Morgan fingerprint density at radius 1 is 1.31 bits per heavy atom. The summed E-state index contributed by atoms with van der Waals surface area (Å²) in [4.78, 5) is 38.3. The number of urea groups is 1. The van der Waals surface area contributed by atoms with E-state index in [4.69, 9.17) is 0 Å². The number of nitrogens with one attached hydrogen (secondary N) is 2. The van der Waals surface area contributed by atoms with Gasteiger partial charge < -0.3 is 10.6 Å². The Kier molecular flexibility index (Phi) is 4.98. The minimum Gasteiger partial charge on any atom is -0.348 e. The van der Waals surface area contributed by atoms with Gasteiger partial charge in [-0.2, -0.15) is 0 Å². The summed E-state index contributed by atoms with van der Waals surface area (Å²) in [5.74, 6) is -0.538. The van der Waals surface area contributed by atoms with Gasteiger partial charge in [0, 0.05) is 0 Å². The van der Waals surface area contributed by atoms with E-state index in [1.165, 1.54) is 12.1 Å². The third-order valence-corrected chi connectivity index (χ3v) is 5.42. The summed E-state index contributed by atoms with van der Waals surface area (Å²) in [6.45, 7) is 3.59. The van der Waals surface area contributed by atoms with Crippen molar-refractivity contribution in [1.82, 2.24) is 15.5 Å². The average Bonchev–Trinajstić information content (AvgIpc) is 2.82. The highest BCUT2D eigenvalue weighted by Crippen LogP contribution is 2.36. The number of benzene rings is 1. The van der Waals surface area contributed by atoms with Crippen LogP contribution in [0.15, 0.2) is 24.3 Å². The fraction of sp³-hybridized carbons (Fsp3) is 0.526. The number of hydrogen-bond donors (Lipinski definition) is 2. The van der Waals surface area contributed by atoms with E-state index in [2.05, 4.69) is 17.6 Å². The first-order valence-corrected chi connectivity index (χ1v) is 9.00. The Bertz CT molecular complexity index is 711. The third-order valence-electron chi connectivity index (χ3n) is 5.42. The van der Waals surface area contributed by atoms with Crippen molar-refractivity contribution in [2.24, 2.45) is 5.92 Å². The molecule has 1 heterocycles. The first-order valence-electron chi connectivity index (χ1n) is 9.00. The highest BCUT2D eigenvalue weighted by Gasteiger charge is 2.52. The Morgan fingerprint density at radius 3 is 2.54 bits per heavy atom. The van der Waals surface area contributed by atoms with Crippen LogP contribution in [0, 0.1) is 11.7 Å². The van der Waals surface area contributed by atoms with Gasteiger partial charge in [0.25, 0.3) is 5.91 Å². The van der Waals surface area contributed by atoms with Gasteiger partial charge in [-0.25, -0.2) is 9.18 Å². The Morgan fingerprint density at radius 2 is 1.92 bits per heavy atom. The van der Waals surface area contributed by atoms with Gasteiger partial charge in [0.1, 0.15) is 17.9 Å². The van der Waals surface area contributed by atoms with E-state index in [9.17, 15) is 18.8 Å². The molecule has 1 aromatic rings. The first kappa shape index (κ1) is 18.4. The molecule has 2 N–H and O–H groups in total. The van der Waals surface area contributed by atoms with Crippen molar-refractivity contribution in [2.45, 2.75) is 51.1 Å². The summed E-state index contributed by atoms with van der Waals surface area (Å²) < 4.78 is 13.0. The average molecular weight is 361 g/mol.